The van der Waals surface area contributed by atoms with Crippen molar-refractivity contribution in [3.05, 3.63) is 17.8 Å². The van der Waals surface area contributed by atoms with Gasteiger partial charge in [-0.05, 0) is 26.8 Å². The van der Waals surface area contributed by atoms with E-state index in [2.05, 4.69) is 18.8 Å². The lowest BCUT2D eigenvalue weighted by Gasteiger charge is -2.32. The molecule has 0 spiro atoms. The monoisotopic (exact) mass is 236 g/mol. The Balaban J connectivity index is 2.04. The van der Waals surface area contributed by atoms with Crippen LogP contribution >= 0.6 is 0 Å². The van der Waals surface area contributed by atoms with E-state index in [1.165, 1.54) is 0 Å². The summed E-state index contributed by atoms with van der Waals surface area (Å²) >= 11 is 0. The quantitative estimate of drug-likeness (QED) is 0.856. The highest BCUT2D eigenvalue weighted by atomic mass is 16.5. The highest BCUT2D eigenvalue weighted by Crippen LogP contribution is 2.25. The number of hydrogen-bond acceptors (Lipinski definition) is 4. The molecule has 2 rings (SSSR count). The molecule has 1 aromatic heterocycles. The first-order valence-corrected chi connectivity index (χ1v) is 6.09. The molecule has 2 heterocycles. The smallest absolute Gasteiger partial charge is 0.216 e. The van der Waals surface area contributed by atoms with Gasteiger partial charge >= 0.3 is 0 Å². The van der Waals surface area contributed by atoms with Crippen LogP contribution in [0.25, 0.3) is 0 Å². The number of aryl methyl sites for hydroxylation is 1. The summed E-state index contributed by atoms with van der Waals surface area (Å²) in [5, 5.41) is 0. The van der Waals surface area contributed by atoms with Gasteiger partial charge in [0, 0.05) is 18.4 Å². The van der Waals surface area contributed by atoms with Crippen LogP contribution in [0.3, 0.4) is 0 Å². The third-order valence-corrected chi connectivity index (χ3v) is 2.98. The van der Waals surface area contributed by atoms with Crippen LogP contribution in [0.4, 0.5) is 5.69 Å². The maximum Gasteiger partial charge on any atom is 0.216 e. The Labute approximate surface area is 102 Å². The molecule has 1 aliphatic heterocycles. The maximum atomic E-state index is 5.94. The average Bonchev–Trinajstić information content (AvgIpc) is 2.21. The Bertz CT molecular complexity index is 385. The van der Waals surface area contributed by atoms with Crippen molar-refractivity contribution in [2.24, 2.45) is 0 Å². The van der Waals surface area contributed by atoms with Gasteiger partial charge in [0.15, 0.2) is 0 Å². The molecular formula is C13H20N2O2. The summed E-state index contributed by atoms with van der Waals surface area (Å²) in [5.74, 6) is 0.686. The lowest BCUT2D eigenvalue weighted by atomic mass is 10.0. The van der Waals surface area contributed by atoms with Gasteiger partial charge in [-0.25, -0.2) is 4.98 Å². The second kappa shape index (κ2) is 4.92. The van der Waals surface area contributed by atoms with Crippen molar-refractivity contribution in [2.45, 2.75) is 51.9 Å². The first-order chi connectivity index (χ1) is 8.04. The molecule has 4 heteroatoms. The minimum atomic E-state index is 0.184. The van der Waals surface area contributed by atoms with Crippen molar-refractivity contribution in [3.63, 3.8) is 0 Å². The molecule has 1 aliphatic rings. The Kier molecular flexibility index (Phi) is 3.52. The number of ether oxygens (including phenoxy) is 2. The summed E-state index contributed by atoms with van der Waals surface area (Å²) in [4.78, 5) is 4.23. The van der Waals surface area contributed by atoms with Gasteiger partial charge in [-0.3, -0.25) is 0 Å². The van der Waals surface area contributed by atoms with Crippen LogP contribution < -0.4 is 10.5 Å². The van der Waals surface area contributed by atoms with Crippen LogP contribution in [0.2, 0.25) is 0 Å². The number of aromatic nitrogens is 1. The van der Waals surface area contributed by atoms with Gasteiger partial charge in [-0.1, -0.05) is 0 Å². The molecule has 0 aliphatic carbocycles. The maximum absolute atomic E-state index is 5.94. The Morgan fingerprint density at radius 3 is 2.59 bits per heavy atom. The lowest BCUT2D eigenvalue weighted by Crippen LogP contribution is -2.36. The summed E-state index contributed by atoms with van der Waals surface area (Å²) in [6, 6.07) is 1.88. The number of rotatable bonds is 2. The van der Waals surface area contributed by atoms with Crippen molar-refractivity contribution in [1.29, 1.82) is 0 Å². The number of pyridine rings is 1. The average molecular weight is 236 g/mol. The van der Waals surface area contributed by atoms with E-state index in [4.69, 9.17) is 15.2 Å². The Morgan fingerprint density at radius 1 is 1.35 bits per heavy atom. The minimum Gasteiger partial charge on any atom is -0.474 e. The molecule has 0 radical (unpaired) electrons. The molecule has 1 aromatic rings. The zero-order chi connectivity index (χ0) is 12.4. The fourth-order valence-corrected chi connectivity index (χ4v) is 2.31. The molecule has 0 saturated carbocycles. The van der Waals surface area contributed by atoms with E-state index in [9.17, 15) is 0 Å². The van der Waals surface area contributed by atoms with Gasteiger partial charge < -0.3 is 15.2 Å². The fourth-order valence-electron chi connectivity index (χ4n) is 2.31. The molecule has 0 bridgehead atoms. The van der Waals surface area contributed by atoms with Crippen molar-refractivity contribution >= 4 is 5.69 Å². The Morgan fingerprint density at radius 2 is 2.00 bits per heavy atom. The summed E-state index contributed by atoms with van der Waals surface area (Å²) < 4.78 is 11.6. The Hall–Kier alpha value is -1.29. The number of nitrogen functional groups attached to an aromatic ring is 1. The zero-order valence-corrected chi connectivity index (χ0v) is 10.6. The molecule has 2 unspecified atom stereocenters. The van der Waals surface area contributed by atoms with Gasteiger partial charge in [-0.2, -0.15) is 0 Å². The van der Waals surface area contributed by atoms with Crippen LogP contribution in [0.5, 0.6) is 5.88 Å². The van der Waals surface area contributed by atoms with Crippen molar-refractivity contribution in [1.82, 2.24) is 4.98 Å². The minimum absolute atomic E-state index is 0.184. The molecule has 2 N–H and O–H groups in total. The van der Waals surface area contributed by atoms with Crippen LogP contribution in [-0.2, 0) is 4.74 Å². The number of hydrogen-bond donors (Lipinski definition) is 1. The molecule has 0 amide bonds. The molecule has 1 saturated heterocycles. The first kappa shape index (κ1) is 12.2. The standard InChI is InChI=1S/C13H20N2O2/c1-8-4-11(14)7-15-13(8)17-12-5-9(2)16-10(3)6-12/h4,7,9-10,12H,5-6,14H2,1-3H3. The van der Waals surface area contributed by atoms with Crippen molar-refractivity contribution < 1.29 is 9.47 Å². The number of nitrogens with two attached hydrogens (primary N) is 1. The predicted octanol–water partition coefficient (Wildman–Crippen LogP) is 2.31. The fraction of sp³-hybridized carbons (Fsp3) is 0.615. The molecule has 17 heavy (non-hydrogen) atoms. The van der Waals surface area contributed by atoms with Gasteiger partial charge in [0.2, 0.25) is 5.88 Å². The highest BCUT2D eigenvalue weighted by molar-refractivity contribution is 5.41. The second-order valence-corrected chi connectivity index (χ2v) is 4.86. The molecule has 94 valence electrons. The summed E-state index contributed by atoms with van der Waals surface area (Å²) in [6.07, 6.45) is 4.14. The predicted molar refractivity (Wildman–Crippen MR) is 67.0 cm³/mol. The largest absolute Gasteiger partial charge is 0.474 e. The van der Waals surface area contributed by atoms with E-state index in [-0.39, 0.29) is 18.3 Å². The van der Waals surface area contributed by atoms with E-state index in [0.29, 0.717) is 11.6 Å². The van der Waals surface area contributed by atoms with Crippen LogP contribution in [0, 0.1) is 6.92 Å². The van der Waals surface area contributed by atoms with Crippen LogP contribution in [-0.4, -0.2) is 23.3 Å². The van der Waals surface area contributed by atoms with E-state index in [1.54, 1.807) is 6.20 Å². The highest BCUT2D eigenvalue weighted by Gasteiger charge is 2.26. The summed E-state index contributed by atoms with van der Waals surface area (Å²) in [5.41, 5.74) is 7.32. The number of nitrogens with zero attached hydrogens (tertiary/aromatic N) is 1. The summed E-state index contributed by atoms with van der Waals surface area (Å²) in [6.45, 7) is 6.12. The van der Waals surface area contributed by atoms with Crippen LogP contribution in [0.15, 0.2) is 12.3 Å². The third kappa shape index (κ3) is 3.09. The van der Waals surface area contributed by atoms with E-state index >= 15 is 0 Å². The topological polar surface area (TPSA) is 57.4 Å². The van der Waals surface area contributed by atoms with Gasteiger partial charge in [0.1, 0.15) is 6.10 Å². The second-order valence-electron chi connectivity index (χ2n) is 4.86. The van der Waals surface area contributed by atoms with Gasteiger partial charge in [0.25, 0.3) is 0 Å². The SMILES string of the molecule is Cc1cc(N)cnc1OC1CC(C)OC(C)C1. The van der Waals surface area contributed by atoms with Crippen molar-refractivity contribution in [3.8, 4) is 5.88 Å². The van der Waals surface area contributed by atoms with Gasteiger partial charge in [-0.15, -0.1) is 0 Å². The van der Waals surface area contributed by atoms with Crippen molar-refractivity contribution in [2.75, 3.05) is 5.73 Å². The molecule has 4 nitrogen and oxygen atoms in total. The molecule has 2 atom stereocenters. The van der Waals surface area contributed by atoms with E-state index in [1.807, 2.05) is 13.0 Å². The molecule has 0 aromatic carbocycles. The normalized spacial score (nSPS) is 29.0. The van der Waals surface area contributed by atoms with Crippen LogP contribution in [0.1, 0.15) is 32.3 Å². The molecular weight excluding hydrogens is 216 g/mol. The summed E-state index contributed by atoms with van der Waals surface area (Å²) in [7, 11) is 0. The van der Waals surface area contributed by atoms with Gasteiger partial charge in [0.05, 0.1) is 24.1 Å². The first-order valence-electron chi connectivity index (χ1n) is 6.09. The zero-order valence-electron chi connectivity index (χ0n) is 10.6. The lowest BCUT2D eigenvalue weighted by molar-refractivity contribution is -0.0731. The molecule has 1 fully saturated rings. The number of anilines is 1. The third-order valence-electron chi connectivity index (χ3n) is 2.98. The van der Waals surface area contributed by atoms with E-state index in [0.717, 1.165) is 18.4 Å². The van der Waals surface area contributed by atoms with E-state index < -0.39 is 0 Å².